The maximum Gasteiger partial charge on any atom is 0.306 e. The van der Waals surface area contributed by atoms with Crippen molar-refractivity contribution >= 4 is 23.2 Å². The van der Waals surface area contributed by atoms with E-state index >= 15 is 0 Å². The zero-order valence-electron chi connectivity index (χ0n) is 14.3. The van der Waals surface area contributed by atoms with Crippen LogP contribution in [0.2, 0.25) is 0 Å². The van der Waals surface area contributed by atoms with Gasteiger partial charge in [0.15, 0.2) is 0 Å². The van der Waals surface area contributed by atoms with E-state index in [2.05, 4.69) is 19.1 Å². The van der Waals surface area contributed by atoms with Crippen LogP contribution in [0.3, 0.4) is 0 Å². The Morgan fingerprint density at radius 3 is 2.44 bits per heavy atom. The minimum Gasteiger partial charge on any atom is -0.481 e. The molecule has 1 saturated carbocycles. The first-order valence-corrected chi connectivity index (χ1v) is 9.44. The van der Waals surface area contributed by atoms with Gasteiger partial charge in [0.2, 0.25) is 5.91 Å². The number of aryl methyl sites for hydroxylation is 1. The molecule has 2 heterocycles. The third kappa shape index (κ3) is 4.51. The maximum absolute atomic E-state index is 13.1. The summed E-state index contributed by atoms with van der Waals surface area (Å²) in [5.74, 6) is -0.270. The fourth-order valence-corrected chi connectivity index (χ4v) is 4.31. The van der Waals surface area contributed by atoms with Gasteiger partial charge < -0.3 is 14.4 Å². The first-order valence-electron chi connectivity index (χ1n) is 8.62. The Morgan fingerprint density at radius 1 is 1.16 bits per heavy atom. The van der Waals surface area contributed by atoms with E-state index in [1.165, 1.54) is 4.88 Å². The molecule has 25 heavy (non-hydrogen) atoms. The number of nitrogens with zero attached hydrogens (tertiary/aromatic N) is 1. The zero-order valence-corrected chi connectivity index (χ0v) is 15.1. The molecule has 1 aliphatic rings. The molecule has 0 unspecified atom stereocenters. The molecule has 1 fully saturated rings. The molecule has 0 aliphatic heterocycles. The number of hydrogen-bond donors (Lipinski definition) is 1. The van der Waals surface area contributed by atoms with Crippen LogP contribution >= 0.6 is 11.3 Å². The molecule has 0 saturated heterocycles. The Balaban J connectivity index is 1.69. The van der Waals surface area contributed by atoms with Crippen molar-refractivity contribution in [3.8, 4) is 0 Å². The number of carboxylic acid groups (broad SMARTS) is 1. The molecule has 0 radical (unpaired) electrons. The first kappa shape index (κ1) is 17.7. The van der Waals surface area contributed by atoms with Crippen LogP contribution in [0.4, 0.5) is 0 Å². The van der Waals surface area contributed by atoms with Gasteiger partial charge in [0.25, 0.3) is 0 Å². The number of carboxylic acids is 1. The van der Waals surface area contributed by atoms with Crippen molar-refractivity contribution in [2.45, 2.75) is 45.7 Å². The predicted octanol–water partition coefficient (Wildman–Crippen LogP) is 4.07. The molecule has 1 amide bonds. The normalized spacial score (nSPS) is 20.4. The quantitative estimate of drug-likeness (QED) is 0.842. The number of thiophene rings is 1. The van der Waals surface area contributed by atoms with E-state index in [-0.39, 0.29) is 17.7 Å². The van der Waals surface area contributed by atoms with Crippen LogP contribution in [0.1, 0.15) is 41.2 Å². The van der Waals surface area contributed by atoms with Crippen LogP contribution in [-0.4, -0.2) is 21.9 Å². The summed E-state index contributed by atoms with van der Waals surface area (Å²) in [6, 6.07) is 7.82. The van der Waals surface area contributed by atoms with Crippen LogP contribution in [-0.2, 0) is 22.7 Å². The monoisotopic (exact) mass is 361 g/mol. The third-order valence-corrected chi connectivity index (χ3v) is 5.79. The molecule has 5 nitrogen and oxygen atoms in total. The lowest BCUT2D eigenvalue weighted by molar-refractivity contribution is -0.146. The molecule has 2 aromatic heterocycles. The summed E-state index contributed by atoms with van der Waals surface area (Å²) in [5.41, 5.74) is 0. The Bertz CT molecular complexity index is 714. The van der Waals surface area contributed by atoms with Gasteiger partial charge in [0.1, 0.15) is 5.76 Å². The number of aliphatic carboxylic acids is 1. The van der Waals surface area contributed by atoms with Crippen LogP contribution in [0.5, 0.6) is 0 Å². The number of rotatable bonds is 6. The van der Waals surface area contributed by atoms with E-state index in [9.17, 15) is 9.59 Å². The topological polar surface area (TPSA) is 70.8 Å². The van der Waals surface area contributed by atoms with Crippen LogP contribution in [0.15, 0.2) is 34.9 Å². The van der Waals surface area contributed by atoms with Crippen LogP contribution in [0, 0.1) is 18.8 Å². The average Bonchev–Trinajstić information content (AvgIpc) is 3.25. The van der Waals surface area contributed by atoms with Crippen molar-refractivity contribution in [3.05, 3.63) is 46.0 Å². The fraction of sp³-hybridized carbons (Fsp3) is 0.474. The molecule has 0 bridgehead atoms. The SMILES string of the molecule is Cc1ccc(CN(Cc2ccco2)C(=O)C2CCC(C(=O)O)CC2)s1. The van der Waals surface area contributed by atoms with Gasteiger partial charge in [-0.2, -0.15) is 0 Å². The van der Waals surface area contributed by atoms with Gasteiger partial charge in [-0.15, -0.1) is 11.3 Å². The second-order valence-electron chi connectivity index (χ2n) is 6.67. The van der Waals surface area contributed by atoms with Gasteiger partial charge >= 0.3 is 5.97 Å². The largest absolute Gasteiger partial charge is 0.481 e. The van der Waals surface area contributed by atoms with E-state index in [1.54, 1.807) is 17.6 Å². The second-order valence-corrected chi connectivity index (χ2v) is 8.05. The lowest BCUT2D eigenvalue weighted by Crippen LogP contribution is -2.37. The van der Waals surface area contributed by atoms with Crippen molar-refractivity contribution in [2.75, 3.05) is 0 Å². The van der Waals surface area contributed by atoms with Crippen LogP contribution in [0.25, 0.3) is 0 Å². The zero-order chi connectivity index (χ0) is 17.8. The fourth-order valence-electron chi connectivity index (χ4n) is 3.41. The Morgan fingerprint density at radius 2 is 1.88 bits per heavy atom. The summed E-state index contributed by atoms with van der Waals surface area (Å²) in [5, 5.41) is 9.13. The summed E-state index contributed by atoms with van der Waals surface area (Å²) in [4.78, 5) is 28.4. The molecule has 0 atom stereocenters. The molecule has 1 N–H and O–H groups in total. The molecular formula is C19H23NO4S. The molecule has 6 heteroatoms. The lowest BCUT2D eigenvalue weighted by Gasteiger charge is -2.30. The summed E-state index contributed by atoms with van der Waals surface area (Å²) in [6.07, 6.45) is 4.07. The van der Waals surface area contributed by atoms with Gasteiger partial charge in [-0.25, -0.2) is 0 Å². The van der Waals surface area contributed by atoms with Crippen molar-refractivity contribution in [3.63, 3.8) is 0 Å². The van der Waals surface area contributed by atoms with Gasteiger partial charge in [-0.05, 0) is 56.9 Å². The summed E-state index contributed by atoms with van der Waals surface area (Å²) >= 11 is 1.69. The van der Waals surface area contributed by atoms with E-state index in [0.717, 1.165) is 10.6 Å². The van der Waals surface area contributed by atoms with Gasteiger partial charge in [0.05, 0.1) is 25.3 Å². The molecule has 1 aliphatic carbocycles. The maximum atomic E-state index is 13.1. The van der Waals surface area contributed by atoms with E-state index in [4.69, 9.17) is 9.52 Å². The number of carbonyl (C=O) groups is 2. The minimum absolute atomic E-state index is 0.0911. The molecule has 2 aromatic rings. The molecule has 3 rings (SSSR count). The standard InChI is InChI=1S/C19H23NO4S/c1-13-4-9-17(25-13)12-20(11-16-3-2-10-24-16)18(21)14-5-7-15(8-6-14)19(22)23/h2-4,9-10,14-15H,5-8,11-12H2,1H3,(H,22,23). The van der Waals surface area contributed by atoms with Gasteiger partial charge in [-0.3, -0.25) is 9.59 Å². The van der Waals surface area contributed by atoms with Gasteiger partial charge in [-0.1, -0.05) is 0 Å². The molecular weight excluding hydrogens is 338 g/mol. The highest BCUT2D eigenvalue weighted by Crippen LogP contribution is 2.31. The molecule has 0 aromatic carbocycles. The molecule has 134 valence electrons. The third-order valence-electron chi connectivity index (χ3n) is 4.81. The number of hydrogen-bond acceptors (Lipinski definition) is 4. The summed E-state index contributed by atoms with van der Waals surface area (Å²) in [7, 11) is 0. The lowest BCUT2D eigenvalue weighted by atomic mass is 9.81. The van der Waals surface area contributed by atoms with E-state index < -0.39 is 5.97 Å². The highest BCUT2D eigenvalue weighted by molar-refractivity contribution is 7.11. The first-order chi connectivity index (χ1) is 12.0. The minimum atomic E-state index is -0.743. The number of furan rings is 1. The second kappa shape index (κ2) is 7.87. The Labute approximate surface area is 151 Å². The smallest absolute Gasteiger partial charge is 0.306 e. The average molecular weight is 361 g/mol. The highest BCUT2D eigenvalue weighted by Gasteiger charge is 2.32. The Kier molecular flexibility index (Phi) is 5.58. The molecule has 0 spiro atoms. The summed E-state index contributed by atoms with van der Waals surface area (Å²) < 4.78 is 5.42. The highest BCUT2D eigenvalue weighted by atomic mass is 32.1. The number of amides is 1. The van der Waals surface area contributed by atoms with Crippen molar-refractivity contribution < 1.29 is 19.1 Å². The van der Waals surface area contributed by atoms with Crippen LogP contribution < -0.4 is 0 Å². The van der Waals surface area contributed by atoms with E-state index in [0.29, 0.717) is 38.8 Å². The number of carbonyl (C=O) groups excluding carboxylic acids is 1. The van der Waals surface area contributed by atoms with Crippen molar-refractivity contribution in [2.24, 2.45) is 11.8 Å². The Hall–Kier alpha value is -2.08. The van der Waals surface area contributed by atoms with Crippen molar-refractivity contribution in [1.29, 1.82) is 0 Å². The van der Waals surface area contributed by atoms with E-state index in [1.807, 2.05) is 17.0 Å². The predicted molar refractivity (Wildman–Crippen MR) is 95.1 cm³/mol. The summed E-state index contributed by atoms with van der Waals surface area (Å²) in [6.45, 7) is 3.07. The van der Waals surface area contributed by atoms with Crippen molar-refractivity contribution in [1.82, 2.24) is 4.90 Å². The van der Waals surface area contributed by atoms with Gasteiger partial charge in [0, 0.05) is 15.7 Å².